The Labute approximate surface area is 191 Å². The molecule has 3 aromatic rings. The van der Waals surface area contributed by atoms with Gasteiger partial charge in [-0.05, 0) is 43.5 Å². The summed E-state index contributed by atoms with van der Waals surface area (Å²) >= 11 is 6.26. The molecular weight excluding hydrogens is 426 g/mol. The summed E-state index contributed by atoms with van der Waals surface area (Å²) in [6, 6.07) is 11.7. The van der Waals surface area contributed by atoms with Crippen LogP contribution in [0.3, 0.4) is 0 Å². The first-order valence-electron chi connectivity index (χ1n) is 10.3. The minimum Gasteiger partial charge on any atom is -0.353 e. The summed E-state index contributed by atoms with van der Waals surface area (Å²) in [5.41, 5.74) is 2.75. The highest BCUT2D eigenvalue weighted by Crippen LogP contribution is 2.34. The molecule has 7 nitrogen and oxygen atoms in total. The third kappa shape index (κ3) is 4.82. The molecule has 1 fully saturated rings. The number of anilines is 1. The van der Waals surface area contributed by atoms with Gasteiger partial charge in [-0.3, -0.25) is 14.3 Å². The number of pyridine rings is 1. The number of aryl methyl sites for hydroxylation is 1. The molecule has 1 saturated carbocycles. The van der Waals surface area contributed by atoms with Crippen LogP contribution in [-0.4, -0.2) is 32.6 Å². The SMILES string of the molecule is CC(=O)N[C@H]1C[C@H](n2ncc(Cl)c2C(=O)Nc2ncc(C#Cc3ccccc3)cc2C)C1. The first kappa shape index (κ1) is 21.6. The normalized spacial score (nSPS) is 17.0. The molecule has 2 N–H and O–H groups in total. The van der Waals surface area contributed by atoms with E-state index in [2.05, 4.69) is 32.6 Å². The maximum atomic E-state index is 13.0. The molecule has 1 aromatic carbocycles. The second-order valence-corrected chi connectivity index (χ2v) is 8.18. The number of carbonyl (C=O) groups excluding carboxylic acids is 2. The molecule has 0 unspecified atom stereocenters. The number of carbonyl (C=O) groups is 2. The maximum Gasteiger partial charge on any atom is 0.276 e. The Hall–Kier alpha value is -3.63. The average Bonchev–Trinajstić information content (AvgIpc) is 3.12. The average molecular weight is 448 g/mol. The topological polar surface area (TPSA) is 88.9 Å². The van der Waals surface area contributed by atoms with Gasteiger partial charge in [-0.15, -0.1) is 0 Å². The lowest BCUT2D eigenvalue weighted by molar-refractivity contribution is -0.120. The van der Waals surface area contributed by atoms with E-state index < -0.39 is 0 Å². The zero-order valence-electron chi connectivity index (χ0n) is 17.7. The summed E-state index contributed by atoms with van der Waals surface area (Å²) in [5, 5.41) is 10.2. The number of aromatic nitrogens is 3. The van der Waals surface area contributed by atoms with Crippen LogP contribution in [0.1, 0.15) is 53.0 Å². The van der Waals surface area contributed by atoms with Crippen molar-refractivity contribution in [3.05, 3.63) is 76.2 Å². The van der Waals surface area contributed by atoms with Crippen molar-refractivity contribution in [3.8, 4) is 11.8 Å². The van der Waals surface area contributed by atoms with Crippen LogP contribution in [-0.2, 0) is 4.79 Å². The first-order valence-corrected chi connectivity index (χ1v) is 10.6. The van der Waals surface area contributed by atoms with Crippen LogP contribution in [0.15, 0.2) is 48.8 Å². The minimum atomic E-state index is -0.380. The molecule has 8 heteroatoms. The third-order valence-corrected chi connectivity index (χ3v) is 5.54. The molecule has 0 saturated heterocycles. The number of rotatable bonds is 4. The molecule has 0 atom stereocenters. The predicted molar refractivity (Wildman–Crippen MR) is 122 cm³/mol. The Morgan fingerprint density at radius 2 is 1.84 bits per heavy atom. The lowest BCUT2D eigenvalue weighted by Gasteiger charge is -2.36. The number of amides is 2. The van der Waals surface area contributed by atoms with Gasteiger partial charge in [0, 0.05) is 30.3 Å². The van der Waals surface area contributed by atoms with Crippen molar-refractivity contribution in [2.75, 3.05) is 5.32 Å². The Morgan fingerprint density at radius 3 is 2.53 bits per heavy atom. The Morgan fingerprint density at radius 1 is 1.12 bits per heavy atom. The molecule has 162 valence electrons. The van der Waals surface area contributed by atoms with E-state index in [1.807, 2.05) is 43.3 Å². The number of nitrogens with zero attached hydrogens (tertiary/aromatic N) is 3. The lowest BCUT2D eigenvalue weighted by Crippen LogP contribution is -2.45. The summed E-state index contributed by atoms with van der Waals surface area (Å²) in [5.74, 6) is 6.17. The highest BCUT2D eigenvalue weighted by Gasteiger charge is 2.34. The highest BCUT2D eigenvalue weighted by atomic mass is 35.5. The summed E-state index contributed by atoms with van der Waals surface area (Å²) < 4.78 is 1.63. The number of hydrogen-bond donors (Lipinski definition) is 2. The van der Waals surface area contributed by atoms with E-state index >= 15 is 0 Å². The largest absolute Gasteiger partial charge is 0.353 e. The number of halogens is 1. The zero-order chi connectivity index (χ0) is 22.7. The van der Waals surface area contributed by atoms with Gasteiger partial charge in [-0.1, -0.05) is 41.6 Å². The molecule has 2 heterocycles. The van der Waals surface area contributed by atoms with Gasteiger partial charge in [-0.2, -0.15) is 5.10 Å². The summed E-state index contributed by atoms with van der Waals surface area (Å²) in [6.07, 6.45) is 4.49. The van der Waals surface area contributed by atoms with Gasteiger partial charge in [0.15, 0.2) is 0 Å². The van der Waals surface area contributed by atoms with E-state index in [9.17, 15) is 9.59 Å². The third-order valence-electron chi connectivity index (χ3n) is 5.27. The van der Waals surface area contributed by atoms with Crippen LogP contribution in [0.5, 0.6) is 0 Å². The van der Waals surface area contributed by atoms with E-state index in [1.54, 1.807) is 10.9 Å². The van der Waals surface area contributed by atoms with Crippen LogP contribution < -0.4 is 10.6 Å². The summed E-state index contributed by atoms with van der Waals surface area (Å²) in [7, 11) is 0. The Kier molecular flexibility index (Phi) is 6.24. The van der Waals surface area contributed by atoms with E-state index in [4.69, 9.17) is 11.6 Å². The lowest BCUT2D eigenvalue weighted by atomic mass is 9.86. The number of nitrogens with one attached hydrogen (secondary N) is 2. The molecule has 0 radical (unpaired) electrons. The molecule has 4 rings (SSSR count). The molecule has 1 aliphatic carbocycles. The molecule has 0 bridgehead atoms. The quantitative estimate of drug-likeness (QED) is 0.596. The monoisotopic (exact) mass is 447 g/mol. The van der Waals surface area contributed by atoms with Crippen LogP contribution in [0, 0.1) is 18.8 Å². The Bertz CT molecular complexity index is 1220. The van der Waals surface area contributed by atoms with Crippen molar-refractivity contribution in [2.24, 2.45) is 0 Å². The van der Waals surface area contributed by atoms with Crippen molar-refractivity contribution in [1.29, 1.82) is 0 Å². The van der Waals surface area contributed by atoms with Gasteiger partial charge in [-0.25, -0.2) is 4.98 Å². The fourth-order valence-corrected chi connectivity index (χ4v) is 3.85. The van der Waals surface area contributed by atoms with Crippen LogP contribution in [0.2, 0.25) is 5.02 Å². The van der Waals surface area contributed by atoms with Gasteiger partial charge >= 0.3 is 0 Å². The van der Waals surface area contributed by atoms with E-state index in [0.717, 1.165) is 16.7 Å². The van der Waals surface area contributed by atoms with Gasteiger partial charge in [0.05, 0.1) is 17.3 Å². The van der Waals surface area contributed by atoms with E-state index in [1.165, 1.54) is 13.1 Å². The van der Waals surface area contributed by atoms with Crippen LogP contribution in [0.25, 0.3) is 0 Å². The van der Waals surface area contributed by atoms with Gasteiger partial charge in [0.25, 0.3) is 5.91 Å². The fourth-order valence-electron chi connectivity index (χ4n) is 3.63. The molecule has 2 amide bonds. The smallest absolute Gasteiger partial charge is 0.276 e. The molecular formula is C24H22ClN5O2. The van der Waals surface area contributed by atoms with Gasteiger partial charge in [0.2, 0.25) is 5.91 Å². The Balaban J connectivity index is 1.46. The van der Waals surface area contributed by atoms with E-state index in [-0.39, 0.29) is 34.6 Å². The van der Waals surface area contributed by atoms with Crippen molar-refractivity contribution in [2.45, 2.75) is 38.8 Å². The fraction of sp³-hybridized carbons (Fsp3) is 0.250. The van der Waals surface area contributed by atoms with Crippen molar-refractivity contribution >= 4 is 29.2 Å². The van der Waals surface area contributed by atoms with Crippen molar-refractivity contribution in [3.63, 3.8) is 0 Å². The molecule has 0 spiro atoms. The highest BCUT2D eigenvalue weighted by molar-refractivity contribution is 6.34. The molecule has 1 aliphatic rings. The summed E-state index contributed by atoms with van der Waals surface area (Å²) in [6.45, 7) is 3.35. The maximum absolute atomic E-state index is 13.0. The van der Waals surface area contributed by atoms with Gasteiger partial charge in [0.1, 0.15) is 11.5 Å². The second kappa shape index (κ2) is 9.25. The molecule has 2 aromatic heterocycles. The second-order valence-electron chi connectivity index (χ2n) is 7.77. The minimum absolute atomic E-state index is 0.00444. The van der Waals surface area contributed by atoms with E-state index in [0.29, 0.717) is 18.7 Å². The first-order chi connectivity index (χ1) is 15.4. The van der Waals surface area contributed by atoms with Crippen LogP contribution >= 0.6 is 11.6 Å². The molecule has 0 aliphatic heterocycles. The van der Waals surface area contributed by atoms with Crippen LogP contribution in [0.4, 0.5) is 5.82 Å². The number of hydrogen-bond acceptors (Lipinski definition) is 4. The number of benzene rings is 1. The van der Waals surface area contributed by atoms with Crippen molar-refractivity contribution in [1.82, 2.24) is 20.1 Å². The van der Waals surface area contributed by atoms with Gasteiger partial charge < -0.3 is 10.6 Å². The molecule has 32 heavy (non-hydrogen) atoms. The van der Waals surface area contributed by atoms with Crippen molar-refractivity contribution < 1.29 is 9.59 Å². The summed E-state index contributed by atoms with van der Waals surface area (Å²) in [4.78, 5) is 28.6. The zero-order valence-corrected chi connectivity index (χ0v) is 18.5. The predicted octanol–water partition coefficient (Wildman–Crippen LogP) is 3.73. The standard InChI is InChI=1S/C24H22ClN5O2/c1-15-10-18(9-8-17-6-4-3-5-7-17)13-26-23(15)29-24(32)22-21(25)14-27-30(22)20-11-19(12-20)28-16(2)31/h3-7,10,13-14,19-20H,11-12H2,1-2H3,(H,28,31)(H,26,29,32)/t19-,20-.